The zero-order valence-corrected chi connectivity index (χ0v) is 20.6. The Balaban J connectivity index is 1.28. The zero-order valence-electron chi connectivity index (χ0n) is 19.8. The Kier molecular flexibility index (Phi) is 7.34. The molecule has 0 aliphatic carbocycles. The van der Waals surface area contributed by atoms with E-state index in [-0.39, 0.29) is 23.1 Å². The molecule has 7 nitrogen and oxygen atoms in total. The number of nitrogens with zero attached hydrogens (tertiary/aromatic N) is 2. The van der Waals surface area contributed by atoms with Crippen LogP contribution in [0.2, 0.25) is 0 Å². The monoisotopic (exact) mass is 501 g/mol. The number of benzene rings is 3. The summed E-state index contributed by atoms with van der Waals surface area (Å²) in [6, 6.07) is 24.3. The molecule has 2 aliphatic rings. The van der Waals surface area contributed by atoms with Crippen molar-refractivity contribution in [3.63, 3.8) is 0 Å². The van der Waals surface area contributed by atoms with Crippen LogP contribution >= 0.6 is 11.8 Å². The van der Waals surface area contributed by atoms with Crippen LogP contribution in [0.1, 0.15) is 37.2 Å². The molecule has 2 aliphatic heterocycles. The first-order valence-electron chi connectivity index (χ1n) is 11.9. The van der Waals surface area contributed by atoms with Crippen molar-refractivity contribution in [3.8, 4) is 0 Å². The van der Waals surface area contributed by atoms with Gasteiger partial charge >= 0.3 is 0 Å². The molecule has 1 atom stereocenters. The summed E-state index contributed by atoms with van der Waals surface area (Å²) in [5.41, 5.74) is 3.48. The number of carbonyl (C=O) groups excluding carboxylic acids is 3. The Bertz CT molecular complexity index is 1240. The summed E-state index contributed by atoms with van der Waals surface area (Å²) in [6.07, 6.45) is 0. The van der Waals surface area contributed by atoms with Crippen molar-refractivity contribution < 1.29 is 19.1 Å². The molecule has 184 valence electrons. The summed E-state index contributed by atoms with van der Waals surface area (Å²) < 4.78 is 5.34. The van der Waals surface area contributed by atoms with Gasteiger partial charge in [-0.05, 0) is 35.4 Å². The Morgan fingerprint density at radius 1 is 0.917 bits per heavy atom. The van der Waals surface area contributed by atoms with Crippen molar-refractivity contribution in [2.24, 2.45) is 0 Å². The van der Waals surface area contributed by atoms with Crippen molar-refractivity contribution in [2.45, 2.75) is 11.9 Å². The minimum atomic E-state index is -0.292. The van der Waals surface area contributed by atoms with Crippen molar-refractivity contribution in [3.05, 3.63) is 101 Å². The van der Waals surface area contributed by atoms with Gasteiger partial charge in [-0.3, -0.25) is 14.4 Å². The zero-order chi connectivity index (χ0) is 24.9. The number of nitrogens with one attached hydrogen (secondary N) is 1. The maximum Gasteiger partial charge on any atom is 0.256 e. The van der Waals surface area contributed by atoms with Crippen LogP contribution in [0.4, 0.5) is 5.69 Å². The molecule has 8 heteroatoms. The van der Waals surface area contributed by atoms with Crippen LogP contribution in [0.15, 0.2) is 78.9 Å². The number of rotatable bonds is 6. The quantitative estimate of drug-likeness (QED) is 0.548. The van der Waals surface area contributed by atoms with E-state index in [0.717, 1.165) is 11.1 Å². The number of hydrogen-bond acceptors (Lipinski definition) is 5. The first kappa shape index (κ1) is 24.1. The second kappa shape index (κ2) is 11.0. The Hall–Kier alpha value is -3.62. The van der Waals surface area contributed by atoms with E-state index >= 15 is 0 Å². The molecule has 1 N–H and O–H groups in total. The van der Waals surface area contributed by atoms with Gasteiger partial charge in [0.25, 0.3) is 11.8 Å². The largest absolute Gasteiger partial charge is 0.378 e. The van der Waals surface area contributed by atoms with Gasteiger partial charge in [0.1, 0.15) is 5.37 Å². The molecular weight excluding hydrogens is 474 g/mol. The predicted octanol–water partition coefficient (Wildman–Crippen LogP) is 4.19. The van der Waals surface area contributed by atoms with E-state index in [2.05, 4.69) is 5.32 Å². The fraction of sp³-hybridized carbons (Fsp3) is 0.250. The van der Waals surface area contributed by atoms with Gasteiger partial charge in [-0.2, -0.15) is 0 Å². The fourth-order valence-corrected chi connectivity index (χ4v) is 5.58. The summed E-state index contributed by atoms with van der Waals surface area (Å²) in [4.78, 5) is 42.2. The van der Waals surface area contributed by atoms with E-state index < -0.39 is 0 Å². The molecule has 0 unspecified atom stereocenters. The molecule has 3 aromatic rings. The third-order valence-electron chi connectivity index (χ3n) is 6.33. The molecule has 3 amide bonds. The molecule has 0 saturated carbocycles. The highest BCUT2D eigenvalue weighted by atomic mass is 32.2. The molecule has 2 saturated heterocycles. The lowest BCUT2D eigenvalue weighted by Gasteiger charge is -2.27. The van der Waals surface area contributed by atoms with E-state index in [0.29, 0.717) is 55.4 Å². The number of amides is 3. The maximum atomic E-state index is 13.0. The SMILES string of the molecule is O=C(Nc1ccccc1C(=O)N1CCOCC1)c1ccc([C@H]2SCC(=O)N2Cc2ccccc2)cc1. The molecule has 36 heavy (non-hydrogen) atoms. The van der Waals surface area contributed by atoms with Crippen LogP contribution in [0.5, 0.6) is 0 Å². The van der Waals surface area contributed by atoms with Crippen LogP contribution < -0.4 is 5.32 Å². The number of ether oxygens (including phenoxy) is 1. The topological polar surface area (TPSA) is 79.0 Å². The summed E-state index contributed by atoms with van der Waals surface area (Å²) in [7, 11) is 0. The van der Waals surface area contributed by atoms with E-state index in [1.807, 2.05) is 47.4 Å². The average molecular weight is 502 g/mol. The Labute approximate surface area is 214 Å². The van der Waals surface area contributed by atoms with Gasteiger partial charge < -0.3 is 19.9 Å². The third kappa shape index (κ3) is 5.29. The molecule has 2 fully saturated rings. The molecule has 0 spiro atoms. The molecule has 5 rings (SSSR count). The molecule has 3 aromatic carbocycles. The molecule has 2 heterocycles. The van der Waals surface area contributed by atoms with Crippen LogP contribution in [0.3, 0.4) is 0 Å². The molecular formula is C28H27N3O4S. The van der Waals surface area contributed by atoms with Crippen LogP contribution in [0.25, 0.3) is 0 Å². The Morgan fingerprint density at radius 3 is 2.36 bits per heavy atom. The molecule has 0 radical (unpaired) electrons. The average Bonchev–Trinajstić information content (AvgIpc) is 3.29. The number of para-hydroxylation sites is 1. The lowest BCUT2D eigenvalue weighted by Crippen LogP contribution is -2.41. The highest BCUT2D eigenvalue weighted by Crippen LogP contribution is 2.39. The summed E-state index contributed by atoms with van der Waals surface area (Å²) in [5, 5.41) is 2.80. The van der Waals surface area contributed by atoms with E-state index in [1.165, 1.54) is 0 Å². The molecule has 0 bridgehead atoms. The summed E-state index contributed by atoms with van der Waals surface area (Å²) >= 11 is 1.59. The number of carbonyl (C=O) groups is 3. The summed E-state index contributed by atoms with van der Waals surface area (Å²) in [5.74, 6) is 0.136. The molecule has 0 aromatic heterocycles. The van der Waals surface area contributed by atoms with Gasteiger partial charge in [-0.15, -0.1) is 11.8 Å². The van der Waals surface area contributed by atoms with Gasteiger partial charge in [0.05, 0.1) is 30.2 Å². The predicted molar refractivity (Wildman–Crippen MR) is 140 cm³/mol. The van der Waals surface area contributed by atoms with Crippen LogP contribution in [0, 0.1) is 0 Å². The van der Waals surface area contributed by atoms with Crippen LogP contribution in [-0.4, -0.2) is 59.6 Å². The lowest BCUT2D eigenvalue weighted by atomic mass is 10.1. The van der Waals surface area contributed by atoms with Gasteiger partial charge in [0, 0.05) is 25.2 Å². The number of morpholine rings is 1. The van der Waals surface area contributed by atoms with Crippen LogP contribution in [-0.2, 0) is 16.1 Å². The standard InChI is InChI=1S/C28H27N3O4S/c32-25-19-36-28(31(25)18-20-6-2-1-3-7-20)22-12-10-21(11-13-22)26(33)29-24-9-5-4-8-23(24)27(34)30-14-16-35-17-15-30/h1-13,28H,14-19H2,(H,29,33)/t28-/m1/s1. The second-order valence-electron chi connectivity index (χ2n) is 8.70. The van der Waals surface area contributed by atoms with E-state index in [1.54, 1.807) is 53.1 Å². The smallest absolute Gasteiger partial charge is 0.256 e. The first-order chi connectivity index (χ1) is 17.6. The van der Waals surface area contributed by atoms with Crippen molar-refractivity contribution >= 4 is 35.2 Å². The minimum absolute atomic E-state index is 0.0957. The van der Waals surface area contributed by atoms with Gasteiger partial charge in [0.2, 0.25) is 5.91 Å². The highest BCUT2D eigenvalue weighted by molar-refractivity contribution is 8.00. The minimum Gasteiger partial charge on any atom is -0.378 e. The first-order valence-corrected chi connectivity index (χ1v) is 13.0. The number of hydrogen-bond donors (Lipinski definition) is 1. The third-order valence-corrected chi connectivity index (χ3v) is 7.58. The van der Waals surface area contributed by atoms with Crippen molar-refractivity contribution in [1.82, 2.24) is 9.80 Å². The van der Waals surface area contributed by atoms with Crippen molar-refractivity contribution in [1.29, 1.82) is 0 Å². The van der Waals surface area contributed by atoms with E-state index in [4.69, 9.17) is 4.74 Å². The normalized spacial score (nSPS) is 17.8. The number of thioether (sulfide) groups is 1. The van der Waals surface area contributed by atoms with Gasteiger partial charge in [-0.1, -0.05) is 54.6 Å². The highest BCUT2D eigenvalue weighted by Gasteiger charge is 2.32. The fourth-order valence-electron chi connectivity index (χ4n) is 4.39. The number of anilines is 1. The van der Waals surface area contributed by atoms with Gasteiger partial charge in [-0.25, -0.2) is 0 Å². The summed E-state index contributed by atoms with van der Waals surface area (Å²) in [6.45, 7) is 2.64. The second-order valence-corrected chi connectivity index (χ2v) is 9.77. The maximum absolute atomic E-state index is 13.0. The van der Waals surface area contributed by atoms with E-state index in [9.17, 15) is 14.4 Å². The lowest BCUT2D eigenvalue weighted by molar-refractivity contribution is -0.128. The Morgan fingerprint density at radius 2 is 1.61 bits per heavy atom. The van der Waals surface area contributed by atoms with Gasteiger partial charge in [0.15, 0.2) is 0 Å². The van der Waals surface area contributed by atoms with Crippen molar-refractivity contribution in [2.75, 3.05) is 37.4 Å².